The monoisotopic (exact) mass is 391 g/mol. The fourth-order valence-corrected chi connectivity index (χ4v) is 3.72. The van der Waals surface area contributed by atoms with Crippen molar-refractivity contribution in [2.45, 2.75) is 45.4 Å². The summed E-state index contributed by atoms with van der Waals surface area (Å²) in [5.74, 6) is -4.15. The van der Waals surface area contributed by atoms with Gasteiger partial charge < -0.3 is 9.47 Å². The van der Waals surface area contributed by atoms with E-state index in [2.05, 4.69) is 0 Å². The minimum Gasteiger partial charge on any atom is -0.465 e. The summed E-state index contributed by atoms with van der Waals surface area (Å²) >= 11 is 0. The maximum absolute atomic E-state index is 12.7. The van der Waals surface area contributed by atoms with Crippen LogP contribution in [-0.2, 0) is 23.9 Å². The van der Waals surface area contributed by atoms with Crippen LogP contribution in [0.1, 0.15) is 51.0 Å². The molecule has 0 radical (unpaired) electrons. The van der Waals surface area contributed by atoms with Crippen molar-refractivity contribution in [3.63, 3.8) is 0 Å². The number of carbonyl (C=O) groups is 3. The van der Waals surface area contributed by atoms with Gasteiger partial charge in [0.05, 0.1) is 18.1 Å². The highest BCUT2D eigenvalue weighted by Gasteiger charge is 2.45. The fourth-order valence-electron chi connectivity index (χ4n) is 3.72. The average molecular weight is 391 g/mol. The van der Waals surface area contributed by atoms with E-state index in [9.17, 15) is 24.5 Å². The van der Waals surface area contributed by atoms with Gasteiger partial charge in [0, 0.05) is 30.4 Å². The van der Waals surface area contributed by atoms with Crippen LogP contribution in [0.5, 0.6) is 0 Å². The molecule has 0 spiro atoms. The van der Waals surface area contributed by atoms with Gasteiger partial charge in [-0.1, -0.05) is 18.6 Å². The second-order valence-electron chi connectivity index (χ2n) is 6.67. The molecular formula is C20H25NO7. The van der Waals surface area contributed by atoms with Crippen molar-refractivity contribution < 1.29 is 28.8 Å². The summed E-state index contributed by atoms with van der Waals surface area (Å²) in [7, 11) is 0. The number of nitro benzene ring substituents is 1. The molecule has 0 N–H and O–H groups in total. The summed E-state index contributed by atoms with van der Waals surface area (Å²) in [5.41, 5.74) is 0.401. The number of ether oxygens (including phenoxy) is 2. The summed E-state index contributed by atoms with van der Waals surface area (Å²) in [6.45, 7) is 3.43. The molecule has 0 bridgehead atoms. The number of benzene rings is 1. The Morgan fingerprint density at radius 3 is 2.14 bits per heavy atom. The van der Waals surface area contributed by atoms with E-state index in [0.29, 0.717) is 18.4 Å². The second kappa shape index (κ2) is 9.96. The quantitative estimate of drug-likeness (QED) is 0.289. The molecule has 8 heteroatoms. The molecule has 2 rings (SSSR count). The first-order valence-corrected chi connectivity index (χ1v) is 9.51. The van der Waals surface area contributed by atoms with Crippen molar-refractivity contribution in [3.8, 4) is 0 Å². The van der Waals surface area contributed by atoms with Crippen LogP contribution in [0, 0.1) is 22.0 Å². The van der Waals surface area contributed by atoms with E-state index in [-0.39, 0.29) is 24.7 Å². The summed E-state index contributed by atoms with van der Waals surface area (Å²) in [5, 5.41) is 11.0. The van der Waals surface area contributed by atoms with Crippen LogP contribution in [0.2, 0.25) is 0 Å². The molecule has 1 aliphatic carbocycles. The molecule has 0 saturated heterocycles. The number of nitrogens with zero attached hydrogens (tertiary/aromatic N) is 1. The van der Waals surface area contributed by atoms with Gasteiger partial charge in [0.15, 0.2) is 5.92 Å². The molecule has 0 amide bonds. The van der Waals surface area contributed by atoms with Crippen molar-refractivity contribution in [3.05, 3.63) is 39.9 Å². The van der Waals surface area contributed by atoms with Gasteiger partial charge >= 0.3 is 11.9 Å². The summed E-state index contributed by atoms with van der Waals surface area (Å²) < 4.78 is 10.2. The van der Waals surface area contributed by atoms with E-state index < -0.39 is 34.6 Å². The fraction of sp³-hybridized carbons (Fsp3) is 0.550. The summed E-state index contributed by atoms with van der Waals surface area (Å²) in [6, 6.07) is 5.61. The Morgan fingerprint density at radius 2 is 1.68 bits per heavy atom. The zero-order valence-corrected chi connectivity index (χ0v) is 16.1. The molecule has 1 fully saturated rings. The van der Waals surface area contributed by atoms with E-state index in [1.54, 1.807) is 13.8 Å². The number of carbonyl (C=O) groups excluding carboxylic acids is 3. The highest BCUT2D eigenvalue weighted by atomic mass is 16.6. The maximum atomic E-state index is 12.7. The number of rotatable bonds is 8. The van der Waals surface area contributed by atoms with Crippen molar-refractivity contribution in [2.24, 2.45) is 11.8 Å². The van der Waals surface area contributed by atoms with Crippen LogP contribution in [0.4, 0.5) is 5.69 Å². The van der Waals surface area contributed by atoms with Gasteiger partial charge in [0.25, 0.3) is 5.69 Å². The standard InChI is InChI=1S/C20H25NO7/c1-3-27-19(23)18(20(24)28-4-2)17(15-7-5-6-8-16(15)22)13-9-11-14(12-10-13)21(25)26/h9-12,15,17-18H,3-8H2,1-2H3/t15-,17+/m1/s1. The molecule has 1 aromatic carbocycles. The van der Waals surface area contributed by atoms with Crippen molar-refractivity contribution in [1.29, 1.82) is 0 Å². The zero-order chi connectivity index (χ0) is 20.7. The van der Waals surface area contributed by atoms with Crippen LogP contribution >= 0.6 is 0 Å². The number of hydrogen-bond donors (Lipinski definition) is 0. The molecular weight excluding hydrogens is 366 g/mol. The molecule has 0 unspecified atom stereocenters. The minimum absolute atomic E-state index is 0.0202. The van der Waals surface area contributed by atoms with E-state index >= 15 is 0 Å². The number of ketones is 1. The Bertz CT molecular complexity index is 711. The van der Waals surface area contributed by atoms with Gasteiger partial charge in [-0.2, -0.15) is 0 Å². The lowest BCUT2D eigenvalue weighted by Gasteiger charge is -2.33. The van der Waals surface area contributed by atoms with Crippen LogP contribution in [0.25, 0.3) is 0 Å². The summed E-state index contributed by atoms with van der Waals surface area (Å²) in [4.78, 5) is 48.4. The van der Waals surface area contributed by atoms with Crippen LogP contribution in [0.3, 0.4) is 0 Å². The van der Waals surface area contributed by atoms with Gasteiger partial charge in [-0.15, -0.1) is 0 Å². The highest BCUT2D eigenvalue weighted by molar-refractivity contribution is 5.97. The molecule has 152 valence electrons. The first-order valence-electron chi connectivity index (χ1n) is 9.51. The minimum atomic E-state index is -1.30. The number of nitro groups is 1. The van der Waals surface area contributed by atoms with E-state index in [1.807, 2.05) is 0 Å². The second-order valence-corrected chi connectivity index (χ2v) is 6.67. The number of esters is 2. The molecule has 0 aliphatic heterocycles. The number of Topliss-reactive ketones (excluding diaryl/α,β-unsaturated/α-hetero) is 1. The Hall–Kier alpha value is -2.77. The van der Waals surface area contributed by atoms with E-state index in [0.717, 1.165) is 12.8 Å². The predicted molar refractivity (Wildman–Crippen MR) is 99.6 cm³/mol. The van der Waals surface area contributed by atoms with Gasteiger partial charge in [-0.05, 0) is 32.3 Å². The van der Waals surface area contributed by atoms with Crippen molar-refractivity contribution >= 4 is 23.4 Å². The van der Waals surface area contributed by atoms with Gasteiger partial charge in [0.2, 0.25) is 0 Å². The first-order chi connectivity index (χ1) is 13.4. The normalized spacial score (nSPS) is 17.8. The molecule has 28 heavy (non-hydrogen) atoms. The van der Waals surface area contributed by atoms with E-state index in [4.69, 9.17) is 9.47 Å². The third kappa shape index (κ3) is 4.94. The first kappa shape index (κ1) is 21.5. The lowest BCUT2D eigenvalue weighted by molar-refractivity contribution is -0.384. The molecule has 0 heterocycles. The number of non-ortho nitro benzene ring substituents is 1. The maximum Gasteiger partial charge on any atom is 0.320 e. The Labute approximate surface area is 163 Å². The van der Waals surface area contributed by atoms with Crippen molar-refractivity contribution in [1.82, 2.24) is 0 Å². The van der Waals surface area contributed by atoms with E-state index in [1.165, 1.54) is 24.3 Å². The van der Waals surface area contributed by atoms with Gasteiger partial charge in [-0.25, -0.2) is 0 Å². The molecule has 1 aromatic rings. The van der Waals surface area contributed by atoms with Crippen LogP contribution < -0.4 is 0 Å². The van der Waals surface area contributed by atoms with Gasteiger partial charge in [0.1, 0.15) is 5.78 Å². The SMILES string of the molecule is CCOC(=O)C(C(=O)OCC)[C@@H](c1ccc([N+](=O)[O-])cc1)[C@@H]1CCCCC1=O. The molecule has 0 aromatic heterocycles. The topological polar surface area (TPSA) is 113 Å². The molecule has 2 atom stereocenters. The Morgan fingerprint density at radius 1 is 1.11 bits per heavy atom. The predicted octanol–water partition coefficient (Wildman–Crippen LogP) is 3.18. The highest BCUT2D eigenvalue weighted by Crippen LogP contribution is 2.40. The third-order valence-electron chi connectivity index (χ3n) is 4.96. The third-order valence-corrected chi connectivity index (χ3v) is 4.96. The molecule has 8 nitrogen and oxygen atoms in total. The largest absolute Gasteiger partial charge is 0.465 e. The molecule has 1 saturated carbocycles. The van der Waals surface area contributed by atoms with Crippen LogP contribution in [0.15, 0.2) is 24.3 Å². The average Bonchev–Trinajstić information content (AvgIpc) is 2.67. The summed E-state index contributed by atoms with van der Waals surface area (Å²) in [6.07, 6.45) is 2.49. The van der Waals surface area contributed by atoms with Crippen LogP contribution in [-0.4, -0.2) is 35.9 Å². The lowest BCUT2D eigenvalue weighted by Crippen LogP contribution is -2.39. The Kier molecular flexibility index (Phi) is 7.66. The number of hydrogen-bond acceptors (Lipinski definition) is 7. The zero-order valence-electron chi connectivity index (χ0n) is 16.1. The van der Waals surface area contributed by atoms with Gasteiger partial charge in [-0.3, -0.25) is 24.5 Å². The van der Waals surface area contributed by atoms with Crippen molar-refractivity contribution in [2.75, 3.05) is 13.2 Å². The smallest absolute Gasteiger partial charge is 0.320 e. The lowest BCUT2D eigenvalue weighted by atomic mass is 9.70. The molecule has 1 aliphatic rings. The Balaban J connectivity index is 2.52.